The van der Waals surface area contributed by atoms with Crippen LogP contribution in [0.2, 0.25) is 0 Å². The zero-order valence-electron chi connectivity index (χ0n) is 12.2. The summed E-state index contributed by atoms with van der Waals surface area (Å²) in [7, 11) is 0. The number of benzene rings is 1. The van der Waals surface area contributed by atoms with E-state index >= 15 is 0 Å². The monoisotopic (exact) mass is 302 g/mol. The van der Waals surface area contributed by atoms with Crippen LogP contribution in [0.15, 0.2) is 34.4 Å². The number of anilines is 1. The molecule has 0 saturated heterocycles. The molecule has 0 saturated carbocycles. The summed E-state index contributed by atoms with van der Waals surface area (Å²) < 4.78 is 1.55. The molecule has 3 rings (SSSR count). The summed E-state index contributed by atoms with van der Waals surface area (Å²) in [4.78, 5) is 26.3. The minimum absolute atomic E-state index is 0.0155. The predicted molar refractivity (Wildman–Crippen MR) is 85.0 cm³/mol. The van der Waals surface area contributed by atoms with Crippen LogP contribution < -0.4 is 9.77 Å². The van der Waals surface area contributed by atoms with Crippen LogP contribution in [0.1, 0.15) is 24.6 Å². The van der Waals surface area contributed by atoms with Crippen LogP contribution in [-0.2, 0) is 17.8 Å². The van der Waals surface area contributed by atoms with Gasteiger partial charge in [0, 0.05) is 22.8 Å². The van der Waals surface area contributed by atoms with Gasteiger partial charge in [-0.3, -0.25) is 14.2 Å². The molecule has 1 amide bonds. The quantitative estimate of drug-likeness (QED) is 0.855. The van der Waals surface area contributed by atoms with Crippen LogP contribution in [-0.4, -0.2) is 16.5 Å². The van der Waals surface area contributed by atoms with E-state index in [-0.39, 0.29) is 23.4 Å². The van der Waals surface area contributed by atoms with E-state index in [9.17, 15) is 9.59 Å². The van der Waals surface area contributed by atoms with Crippen molar-refractivity contribution < 1.29 is 4.79 Å². The summed E-state index contributed by atoms with van der Waals surface area (Å²) in [5.74, 6) is -0.0155. The number of rotatable bonds is 2. The highest BCUT2D eigenvalue weighted by atomic mass is 32.1. The highest BCUT2D eigenvalue weighted by Gasteiger charge is 2.28. The molecule has 1 aromatic carbocycles. The Morgan fingerprint density at radius 3 is 2.86 bits per heavy atom. The first-order valence-corrected chi connectivity index (χ1v) is 8.01. The molecule has 0 unspecified atom stereocenters. The molecular formula is C16H18N2O2S. The lowest BCUT2D eigenvalue weighted by Gasteiger charge is -2.35. The normalized spacial score (nSPS) is 17.6. The topological polar surface area (TPSA) is 42.3 Å². The molecular weight excluding hydrogens is 284 g/mol. The third-order valence-electron chi connectivity index (χ3n) is 4.06. The third-order valence-corrected chi connectivity index (χ3v) is 4.94. The van der Waals surface area contributed by atoms with Crippen LogP contribution in [0.3, 0.4) is 0 Å². The number of hydrogen-bond donors (Lipinski definition) is 0. The molecule has 2 heterocycles. The maximum absolute atomic E-state index is 12.7. The molecule has 0 aliphatic carbocycles. The number of fused-ring (bicyclic) bond motifs is 1. The third kappa shape index (κ3) is 2.53. The first-order chi connectivity index (χ1) is 10.1. The summed E-state index contributed by atoms with van der Waals surface area (Å²) in [5.41, 5.74) is 3.04. The number of aromatic nitrogens is 1. The van der Waals surface area contributed by atoms with Gasteiger partial charge in [0.25, 0.3) is 0 Å². The van der Waals surface area contributed by atoms with Crippen LogP contribution >= 0.6 is 11.3 Å². The zero-order valence-corrected chi connectivity index (χ0v) is 13.0. The number of carbonyl (C=O) groups excluding carboxylic acids is 1. The van der Waals surface area contributed by atoms with Gasteiger partial charge in [0.1, 0.15) is 6.54 Å². The molecule has 5 heteroatoms. The van der Waals surface area contributed by atoms with E-state index in [1.165, 1.54) is 5.56 Å². The lowest BCUT2D eigenvalue weighted by atomic mass is 9.96. The molecule has 0 N–H and O–H groups in total. The van der Waals surface area contributed by atoms with Crippen molar-refractivity contribution in [2.45, 2.75) is 39.3 Å². The number of amides is 1. The predicted octanol–water partition coefficient (Wildman–Crippen LogP) is 2.59. The van der Waals surface area contributed by atoms with Crippen molar-refractivity contribution in [3.05, 3.63) is 50.6 Å². The molecule has 0 radical (unpaired) electrons. The zero-order chi connectivity index (χ0) is 15.0. The maximum Gasteiger partial charge on any atom is 0.307 e. The number of hydrogen-bond acceptors (Lipinski definition) is 3. The Hall–Kier alpha value is -1.88. The van der Waals surface area contributed by atoms with Crippen molar-refractivity contribution in [3.63, 3.8) is 0 Å². The molecule has 1 aliphatic heterocycles. The highest BCUT2D eigenvalue weighted by Crippen LogP contribution is 2.30. The van der Waals surface area contributed by atoms with E-state index in [4.69, 9.17) is 0 Å². The Balaban J connectivity index is 1.93. The average Bonchev–Trinajstić information content (AvgIpc) is 2.79. The first-order valence-electron chi connectivity index (χ1n) is 7.13. The largest absolute Gasteiger partial charge is 0.308 e. The van der Waals surface area contributed by atoms with Crippen molar-refractivity contribution in [1.82, 2.24) is 4.57 Å². The van der Waals surface area contributed by atoms with Crippen molar-refractivity contribution in [2.24, 2.45) is 0 Å². The second kappa shape index (κ2) is 5.48. The van der Waals surface area contributed by atoms with Gasteiger partial charge in [-0.15, -0.1) is 0 Å². The van der Waals surface area contributed by atoms with E-state index in [1.54, 1.807) is 9.95 Å². The van der Waals surface area contributed by atoms with Crippen molar-refractivity contribution in [1.29, 1.82) is 0 Å². The fourth-order valence-electron chi connectivity index (χ4n) is 2.88. The SMILES string of the molecule is Cc1csc(=O)n1CC(=O)N1c2ccccc2CC[C@H]1C. The van der Waals surface area contributed by atoms with Crippen molar-refractivity contribution in [2.75, 3.05) is 4.90 Å². The lowest BCUT2D eigenvalue weighted by molar-refractivity contribution is -0.119. The average molecular weight is 302 g/mol. The van der Waals surface area contributed by atoms with Crippen molar-refractivity contribution in [3.8, 4) is 0 Å². The Kier molecular flexibility index (Phi) is 3.68. The molecule has 2 aromatic rings. The van der Waals surface area contributed by atoms with E-state index in [0.717, 1.165) is 35.6 Å². The maximum atomic E-state index is 12.7. The minimum atomic E-state index is -0.0706. The molecule has 0 bridgehead atoms. The standard InChI is InChI=1S/C16H18N2O2S/c1-11-7-8-13-5-3-4-6-14(13)18(11)15(19)9-17-12(2)10-21-16(17)20/h3-6,10-11H,7-9H2,1-2H3/t11-/m1/s1. The number of carbonyl (C=O) groups is 1. The Morgan fingerprint density at radius 2 is 2.14 bits per heavy atom. The number of thiazole rings is 1. The van der Waals surface area contributed by atoms with E-state index in [1.807, 2.05) is 30.0 Å². The fraction of sp³-hybridized carbons (Fsp3) is 0.375. The highest BCUT2D eigenvalue weighted by molar-refractivity contribution is 7.07. The minimum Gasteiger partial charge on any atom is -0.308 e. The van der Waals surface area contributed by atoms with Gasteiger partial charge in [-0.25, -0.2) is 0 Å². The summed E-state index contributed by atoms with van der Waals surface area (Å²) in [5, 5.41) is 1.79. The summed E-state index contributed by atoms with van der Waals surface area (Å²) >= 11 is 1.14. The van der Waals surface area contributed by atoms with Gasteiger partial charge in [-0.2, -0.15) is 0 Å². The van der Waals surface area contributed by atoms with Crippen LogP contribution in [0.4, 0.5) is 5.69 Å². The summed E-state index contributed by atoms with van der Waals surface area (Å²) in [6, 6.07) is 8.20. The first kappa shape index (κ1) is 14.1. The molecule has 1 aliphatic rings. The second-order valence-electron chi connectivity index (χ2n) is 5.51. The van der Waals surface area contributed by atoms with Gasteiger partial charge >= 0.3 is 4.87 Å². The van der Waals surface area contributed by atoms with E-state index in [0.29, 0.717) is 0 Å². The van der Waals surface area contributed by atoms with Gasteiger partial charge in [-0.05, 0) is 38.3 Å². The molecule has 1 atom stereocenters. The van der Waals surface area contributed by atoms with Gasteiger partial charge in [-0.1, -0.05) is 29.5 Å². The molecule has 4 nitrogen and oxygen atoms in total. The second-order valence-corrected chi connectivity index (χ2v) is 6.33. The van der Waals surface area contributed by atoms with Gasteiger partial charge in [0.2, 0.25) is 5.91 Å². The summed E-state index contributed by atoms with van der Waals surface area (Å²) in [6.07, 6.45) is 1.96. The molecule has 110 valence electrons. The number of para-hydroxylation sites is 1. The van der Waals surface area contributed by atoms with E-state index in [2.05, 4.69) is 13.0 Å². The Morgan fingerprint density at radius 1 is 1.38 bits per heavy atom. The van der Waals surface area contributed by atoms with Gasteiger partial charge < -0.3 is 4.90 Å². The lowest BCUT2D eigenvalue weighted by Crippen LogP contribution is -2.44. The van der Waals surface area contributed by atoms with Crippen LogP contribution in [0, 0.1) is 6.92 Å². The molecule has 1 aromatic heterocycles. The summed E-state index contributed by atoms with van der Waals surface area (Å²) in [6.45, 7) is 4.04. The number of nitrogens with zero attached hydrogens (tertiary/aromatic N) is 2. The van der Waals surface area contributed by atoms with Crippen LogP contribution in [0.5, 0.6) is 0 Å². The molecule has 0 spiro atoms. The molecule has 21 heavy (non-hydrogen) atoms. The van der Waals surface area contributed by atoms with Gasteiger partial charge in [0.15, 0.2) is 0 Å². The fourth-order valence-corrected chi connectivity index (χ4v) is 3.61. The smallest absolute Gasteiger partial charge is 0.307 e. The Labute approximate surface area is 127 Å². The molecule has 0 fully saturated rings. The van der Waals surface area contributed by atoms with Crippen molar-refractivity contribution >= 4 is 22.9 Å². The Bertz CT molecular complexity index is 732. The van der Waals surface area contributed by atoms with E-state index < -0.39 is 0 Å². The van der Waals surface area contributed by atoms with Crippen LogP contribution in [0.25, 0.3) is 0 Å². The van der Waals surface area contributed by atoms with Gasteiger partial charge in [0.05, 0.1) is 0 Å². The number of aryl methyl sites for hydroxylation is 2.